The van der Waals surface area contributed by atoms with Gasteiger partial charge in [-0.15, -0.1) is 0 Å². The van der Waals surface area contributed by atoms with Crippen molar-refractivity contribution in [1.29, 1.82) is 0 Å². The number of ether oxygens (including phenoxy) is 1. The van der Waals surface area contributed by atoms with E-state index >= 15 is 0 Å². The van der Waals surface area contributed by atoms with E-state index in [1.807, 2.05) is 72.8 Å². The molecule has 0 unspecified atom stereocenters. The van der Waals surface area contributed by atoms with E-state index in [-0.39, 0.29) is 5.91 Å². The van der Waals surface area contributed by atoms with Crippen LogP contribution >= 0.6 is 23.8 Å². The number of rotatable bonds is 7. The molecule has 1 aliphatic heterocycles. The summed E-state index contributed by atoms with van der Waals surface area (Å²) < 4.78 is 8.02. The first-order chi connectivity index (χ1) is 16.6. The first-order valence-electron chi connectivity index (χ1n) is 11.0. The normalized spacial score (nSPS) is 14.7. The van der Waals surface area contributed by atoms with Gasteiger partial charge in [0.05, 0.1) is 17.3 Å². The smallest absolute Gasteiger partial charge is 0.281 e. The number of nitrogens with one attached hydrogen (secondary N) is 1. The summed E-state index contributed by atoms with van der Waals surface area (Å²) in [6, 6.07) is 25.0. The van der Waals surface area contributed by atoms with Gasteiger partial charge < -0.3 is 14.6 Å². The Bertz CT molecular complexity index is 1400. The highest BCUT2D eigenvalue weighted by atomic mass is 35.5. The van der Waals surface area contributed by atoms with Crippen LogP contribution in [0, 0.1) is 0 Å². The summed E-state index contributed by atoms with van der Waals surface area (Å²) in [6.07, 6.45) is 4.75. The number of hydrogen-bond acceptors (Lipinski definition) is 3. The molecular weight excluding hydrogens is 466 g/mol. The first-order valence-corrected chi connectivity index (χ1v) is 11.8. The number of para-hydroxylation sites is 3. The summed E-state index contributed by atoms with van der Waals surface area (Å²) in [7, 11) is 0. The molecule has 4 aromatic rings. The molecule has 5 rings (SSSR count). The number of halogens is 1. The molecule has 34 heavy (non-hydrogen) atoms. The second-order valence-corrected chi connectivity index (χ2v) is 8.69. The van der Waals surface area contributed by atoms with E-state index in [0.717, 1.165) is 35.1 Å². The van der Waals surface area contributed by atoms with Gasteiger partial charge in [-0.05, 0) is 55.0 Å². The fourth-order valence-electron chi connectivity index (χ4n) is 4.06. The minimum Gasteiger partial charge on any atom is -0.492 e. The summed E-state index contributed by atoms with van der Waals surface area (Å²) in [6.45, 7) is 1.32. The largest absolute Gasteiger partial charge is 0.492 e. The number of nitrogens with zero attached hydrogens (tertiary/aromatic N) is 2. The van der Waals surface area contributed by atoms with Crippen molar-refractivity contribution in [3.8, 4) is 5.75 Å². The molecule has 1 amide bonds. The summed E-state index contributed by atoms with van der Waals surface area (Å²) in [4.78, 5) is 14.6. The number of aromatic nitrogens is 1. The average Bonchev–Trinajstić information content (AvgIpc) is 3.34. The lowest BCUT2D eigenvalue weighted by Gasteiger charge is -2.13. The van der Waals surface area contributed by atoms with Crippen LogP contribution in [0.3, 0.4) is 0 Å². The van der Waals surface area contributed by atoms with E-state index in [1.54, 1.807) is 0 Å². The predicted molar refractivity (Wildman–Crippen MR) is 141 cm³/mol. The van der Waals surface area contributed by atoms with Crippen molar-refractivity contribution in [3.63, 3.8) is 0 Å². The van der Waals surface area contributed by atoms with E-state index < -0.39 is 0 Å². The standard InChI is InChI=1S/C27H22ClN3O2S/c28-22-12-5-7-14-25(22)33-16-8-15-30-18-19(21-11-4-6-13-24(21)30)17-23-26(32)31(27(34)29-23)20-9-2-1-3-10-20/h1-7,9-14,17-18H,8,15-16H2,(H,29,34)/b23-17-. The van der Waals surface area contributed by atoms with E-state index in [4.69, 9.17) is 28.6 Å². The molecule has 1 fully saturated rings. The predicted octanol–water partition coefficient (Wildman–Crippen LogP) is 6.03. The summed E-state index contributed by atoms with van der Waals surface area (Å²) >= 11 is 11.6. The molecule has 0 spiro atoms. The Morgan fingerprint density at radius 1 is 0.971 bits per heavy atom. The molecule has 0 atom stereocenters. The zero-order chi connectivity index (χ0) is 23.5. The Balaban J connectivity index is 1.35. The van der Waals surface area contributed by atoms with Crippen molar-refractivity contribution in [3.05, 3.63) is 101 Å². The van der Waals surface area contributed by atoms with E-state index in [2.05, 4.69) is 28.2 Å². The van der Waals surface area contributed by atoms with Crippen molar-refractivity contribution in [2.24, 2.45) is 0 Å². The molecule has 0 aliphatic carbocycles. The van der Waals surface area contributed by atoms with Crippen molar-refractivity contribution in [1.82, 2.24) is 9.88 Å². The van der Waals surface area contributed by atoms with Gasteiger partial charge in [0.1, 0.15) is 11.4 Å². The third-order valence-corrected chi connectivity index (χ3v) is 6.25. The Morgan fingerprint density at radius 3 is 2.53 bits per heavy atom. The molecule has 1 saturated heterocycles. The Kier molecular flexibility index (Phi) is 6.34. The minimum absolute atomic E-state index is 0.166. The number of carbonyl (C=O) groups is 1. The van der Waals surface area contributed by atoms with Gasteiger partial charge in [0, 0.05) is 29.2 Å². The molecule has 3 aromatic carbocycles. The van der Waals surface area contributed by atoms with Crippen LogP contribution in [-0.4, -0.2) is 22.2 Å². The number of anilines is 1. The SMILES string of the molecule is O=C1/C(=C/c2cn(CCCOc3ccccc3Cl)c3ccccc23)NC(=S)N1c1ccccc1. The number of hydrogen-bond donors (Lipinski definition) is 1. The van der Waals surface area contributed by atoms with E-state index in [9.17, 15) is 4.79 Å². The molecule has 1 aliphatic rings. The highest BCUT2D eigenvalue weighted by Crippen LogP contribution is 2.27. The summed E-state index contributed by atoms with van der Waals surface area (Å²) in [5, 5.41) is 5.14. The lowest BCUT2D eigenvalue weighted by Crippen LogP contribution is -2.30. The van der Waals surface area contributed by atoms with Crippen molar-refractivity contribution >= 4 is 57.5 Å². The molecule has 170 valence electrons. The summed E-state index contributed by atoms with van der Waals surface area (Å²) in [5.74, 6) is 0.526. The Morgan fingerprint density at radius 2 is 1.71 bits per heavy atom. The highest BCUT2D eigenvalue weighted by molar-refractivity contribution is 7.80. The zero-order valence-electron chi connectivity index (χ0n) is 18.3. The second kappa shape index (κ2) is 9.71. The van der Waals surface area contributed by atoms with Gasteiger partial charge in [0.2, 0.25) is 0 Å². The molecule has 0 radical (unpaired) electrons. The maximum absolute atomic E-state index is 13.1. The highest BCUT2D eigenvalue weighted by Gasteiger charge is 2.32. The van der Waals surface area contributed by atoms with Gasteiger partial charge in [-0.2, -0.15) is 0 Å². The molecule has 2 heterocycles. The van der Waals surface area contributed by atoms with Crippen LogP contribution in [0.5, 0.6) is 5.75 Å². The quantitative estimate of drug-likeness (QED) is 0.196. The van der Waals surface area contributed by atoms with E-state index in [0.29, 0.717) is 28.2 Å². The first kappa shape index (κ1) is 22.2. The van der Waals surface area contributed by atoms with Crippen molar-refractivity contribution < 1.29 is 9.53 Å². The van der Waals surface area contributed by atoms with Crippen LogP contribution < -0.4 is 15.0 Å². The van der Waals surface area contributed by atoms with Gasteiger partial charge in [-0.1, -0.05) is 60.1 Å². The average molecular weight is 488 g/mol. The van der Waals surface area contributed by atoms with Crippen molar-refractivity contribution in [2.75, 3.05) is 11.5 Å². The molecule has 0 saturated carbocycles. The molecule has 5 nitrogen and oxygen atoms in total. The van der Waals surface area contributed by atoms with Crippen LogP contribution in [0.1, 0.15) is 12.0 Å². The molecular formula is C27H22ClN3O2S. The van der Waals surface area contributed by atoms with Gasteiger partial charge in [-0.25, -0.2) is 0 Å². The van der Waals surface area contributed by atoms with Gasteiger partial charge in [0.25, 0.3) is 5.91 Å². The van der Waals surface area contributed by atoms with Crippen LogP contribution in [0.4, 0.5) is 5.69 Å². The molecule has 1 aromatic heterocycles. The van der Waals surface area contributed by atoms with Gasteiger partial charge >= 0.3 is 0 Å². The topological polar surface area (TPSA) is 46.5 Å². The number of fused-ring (bicyclic) bond motifs is 1. The molecule has 7 heteroatoms. The van der Waals surface area contributed by atoms with E-state index in [1.165, 1.54) is 4.90 Å². The Labute approximate surface area is 208 Å². The fraction of sp³-hybridized carbons (Fsp3) is 0.111. The zero-order valence-corrected chi connectivity index (χ0v) is 19.9. The van der Waals surface area contributed by atoms with Crippen LogP contribution in [0.15, 0.2) is 90.8 Å². The second-order valence-electron chi connectivity index (χ2n) is 7.89. The number of benzene rings is 3. The van der Waals surface area contributed by atoms with Crippen LogP contribution in [0.25, 0.3) is 17.0 Å². The van der Waals surface area contributed by atoms with Crippen LogP contribution in [0.2, 0.25) is 5.02 Å². The monoisotopic (exact) mass is 487 g/mol. The fourth-order valence-corrected chi connectivity index (χ4v) is 4.54. The Hall–Kier alpha value is -3.61. The van der Waals surface area contributed by atoms with Gasteiger partial charge in [-0.3, -0.25) is 9.69 Å². The number of thiocarbonyl (C=S) groups is 1. The third kappa shape index (κ3) is 4.42. The summed E-state index contributed by atoms with van der Waals surface area (Å²) in [5.41, 5.74) is 3.25. The lowest BCUT2D eigenvalue weighted by atomic mass is 10.1. The maximum Gasteiger partial charge on any atom is 0.281 e. The molecule has 0 bridgehead atoms. The third-order valence-electron chi connectivity index (χ3n) is 5.65. The number of amides is 1. The number of carbonyl (C=O) groups excluding carboxylic acids is 1. The lowest BCUT2D eigenvalue weighted by molar-refractivity contribution is -0.113. The van der Waals surface area contributed by atoms with Gasteiger partial charge in [0.15, 0.2) is 5.11 Å². The molecule has 1 N–H and O–H groups in total. The van der Waals surface area contributed by atoms with Crippen molar-refractivity contribution in [2.45, 2.75) is 13.0 Å². The maximum atomic E-state index is 13.1. The minimum atomic E-state index is -0.166. The number of aryl methyl sites for hydroxylation is 1. The van der Waals surface area contributed by atoms with Crippen LogP contribution in [-0.2, 0) is 11.3 Å².